The number of fused-ring (bicyclic) bond motifs is 1. The average Bonchev–Trinajstić information content (AvgIpc) is 2.48. The molecule has 6 heteroatoms. The van der Waals surface area contributed by atoms with Gasteiger partial charge in [0.25, 0.3) is 10.1 Å². The lowest BCUT2D eigenvalue weighted by Crippen LogP contribution is -1.98. The molecule has 3 rings (SSSR count). The first-order chi connectivity index (χ1) is 10.8. The van der Waals surface area contributed by atoms with Crippen LogP contribution in [0.25, 0.3) is 10.8 Å². The van der Waals surface area contributed by atoms with Gasteiger partial charge in [0.1, 0.15) is 5.75 Å². The second kappa shape index (κ2) is 5.57. The molecule has 0 aliphatic carbocycles. The Hall–Kier alpha value is -2.57. The van der Waals surface area contributed by atoms with Crippen molar-refractivity contribution >= 4 is 32.3 Å². The van der Waals surface area contributed by atoms with Gasteiger partial charge in [-0.2, -0.15) is 8.42 Å². The van der Waals surface area contributed by atoms with Crippen molar-refractivity contribution in [3.8, 4) is 5.75 Å². The first kappa shape index (κ1) is 15.3. The Labute approximate surface area is 134 Å². The zero-order chi connectivity index (χ0) is 16.6. The maximum atomic E-state index is 11.3. The van der Waals surface area contributed by atoms with Gasteiger partial charge in [-0.25, -0.2) is 0 Å². The van der Waals surface area contributed by atoms with Crippen LogP contribution in [0.1, 0.15) is 5.56 Å². The molecule has 0 amide bonds. The van der Waals surface area contributed by atoms with Gasteiger partial charge in [0.15, 0.2) is 0 Å². The first-order valence-electron chi connectivity index (χ1n) is 6.91. The summed E-state index contributed by atoms with van der Waals surface area (Å²) in [6, 6.07) is 15.4. The highest BCUT2D eigenvalue weighted by Gasteiger charge is 2.13. The van der Waals surface area contributed by atoms with Crippen LogP contribution in [0.2, 0.25) is 0 Å². The lowest BCUT2D eigenvalue weighted by atomic mass is 10.1. The predicted octanol–water partition coefficient (Wildman–Crippen LogP) is 3.84. The zero-order valence-corrected chi connectivity index (χ0v) is 13.1. The van der Waals surface area contributed by atoms with Crippen molar-refractivity contribution < 1.29 is 18.1 Å². The van der Waals surface area contributed by atoms with Crippen LogP contribution in [-0.2, 0) is 10.1 Å². The Morgan fingerprint density at radius 1 is 0.913 bits per heavy atom. The molecule has 0 aliphatic rings. The highest BCUT2D eigenvalue weighted by Crippen LogP contribution is 2.31. The van der Waals surface area contributed by atoms with Crippen molar-refractivity contribution in [1.29, 1.82) is 0 Å². The molecule has 118 valence electrons. The summed E-state index contributed by atoms with van der Waals surface area (Å²) in [5, 5.41) is 14.2. The Kier molecular flexibility index (Phi) is 3.71. The molecule has 0 aliphatic heterocycles. The number of rotatable bonds is 3. The molecule has 0 fully saturated rings. The number of aryl methyl sites for hydroxylation is 1. The minimum absolute atomic E-state index is 0.197. The van der Waals surface area contributed by atoms with Gasteiger partial charge in [-0.15, -0.1) is 0 Å². The maximum absolute atomic E-state index is 11.3. The van der Waals surface area contributed by atoms with Crippen molar-refractivity contribution in [3.05, 3.63) is 60.2 Å². The monoisotopic (exact) mass is 329 g/mol. The average molecular weight is 329 g/mol. The number of hydrogen-bond donors (Lipinski definition) is 3. The van der Waals surface area contributed by atoms with Gasteiger partial charge < -0.3 is 10.4 Å². The summed E-state index contributed by atoms with van der Waals surface area (Å²) in [7, 11) is -4.37. The van der Waals surface area contributed by atoms with Crippen LogP contribution < -0.4 is 5.32 Å². The highest BCUT2D eigenvalue weighted by molar-refractivity contribution is 7.85. The first-order valence-corrected chi connectivity index (χ1v) is 8.35. The van der Waals surface area contributed by atoms with Crippen molar-refractivity contribution in [2.75, 3.05) is 5.32 Å². The molecule has 0 bridgehead atoms. The summed E-state index contributed by atoms with van der Waals surface area (Å²) in [6.07, 6.45) is 0. The number of aromatic hydroxyl groups is 1. The van der Waals surface area contributed by atoms with E-state index in [4.69, 9.17) is 4.55 Å². The van der Waals surface area contributed by atoms with E-state index in [-0.39, 0.29) is 10.6 Å². The summed E-state index contributed by atoms with van der Waals surface area (Å²) >= 11 is 0. The van der Waals surface area contributed by atoms with Crippen LogP contribution in [-0.4, -0.2) is 18.1 Å². The Morgan fingerprint density at radius 3 is 2.22 bits per heavy atom. The van der Waals surface area contributed by atoms with E-state index in [1.807, 2.05) is 31.2 Å². The molecule has 0 atom stereocenters. The van der Waals surface area contributed by atoms with Gasteiger partial charge >= 0.3 is 0 Å². The largest absolute Gasteiger partial charge is 0.507 e. The third-order valence-electron chi connectivity index (χ3n) is 3.54. The summed E-state index contributed by atoms with van der Waals surface area (Å²) in [5.74, 6) is -0.197. The second-order valence-electron chi connectivity index (χ2n) is 5.34. The van der Waals surface area contributed by atoms with Crippen LogP contribution in [0.15, 0.2) is 59.5 Å². The van der Waals surface area contributed by atoms with Gasteiger partial charge in [-0.05, 0) is 48.7 Å². The van der Waals surface area contributed by atoms with Crippen molar-refractivity contribution in [3.63, 3.8) is 0 Å². The number of nitrogens with one attached hydrogen (secondary N) is 1. The minimum atomic E-state index is -4.37. The van der Waals surface area contributed by atoms with Gasteiger partial charge in [0.05, 0.1) is 4.90 Å². The van der Waals surface area contributed by atoms with Crippen LogP contribution in [0.4, 0.5) is 11.4 Å². The zero-order valence-electron chi connectivity index (χ0n) is 12.3. The molecule has 0 aromatic heterocycles. The summed E-state index contributed by atoms with van der Waals surface area (Å²) in [5.41, 5.74) is 2.79. The quantitative estimate of drug-likeness (QED) is 0.636. The number of phenolic OH excluding ortho intramolecular Hbond substituents is 1. The van der Waals surface area contributed by atoms with Crippen LogP contribution >= 0.6 is 0 Å². The normalized spacial score (nSPS) is 11.6. The maximum Gasteiger partial charge on any atom is 0.294 e. The van der Waals surface area contributed by atoms with Gasteiger partial charge in [-0.1, -0.05) is 17.7 Å². The summed E-state index contributed by atoms with van der Waals surface area (Å²) < 4.78 is 31.7. The molecule has 0 heterocycles. The fourth-order valence-electron chi connectivity index (χ4n) is 2.35. The summed E-state index contributed by atoms with van der Waals surface area (Å²) in [6.45, 7) is 2.00. The highest BCUT2D eigenvalue weighted by atomic mass is 32.2. The molecule has 0 unspecified atom stereocenters. The lowest BCUT2D eigenvalue weighted by molar-refractivity contribution is 0.471. The Bertz CT molecular complexity index is 979. The van der Waals surface area contributed by atoms with E-state index in [1.54, 1.807) is 18.2 Å². The van der Waals surface area contributed by atoms with Crippen molar-refractivity contribution in [2.45, 2.75) is 11.8 Å². The number of phenols is 1. The van der Waals surface area contributed by atoms with E-state index in [9.17, 15) is 13.5 Å². The van der Waals surface area contributed by atoms with Gasteiger partial charge in [0, 0.05) is 22.8 Å². The van der Waals surface area contributed by atoms with Crippen LogP contribution in [0, 0.1) is 6.92 Å². The van der Waals surface area contributed by atoms with E-state index in [0.717, 1.165) is 23.0 Å². The third kappa shape index (κ3) is 3.28. The van der Waals surface area contributed by atoms with Gasteiger partial charge in [0.2, 0.25) is 0 Å². The standard InChI is InChI=1S/C17H15NO4S/c1-11-2-4-13(5-3-11)18-14-6-7-16-12(8-14)9-15(10-17(16)19)23(20,21)22/h2-10,18-19H,1H3,(H,20,21,22). The molecule has 0 saturated carbocycles. The molecule has 3 N–H and O–H groups in total. The van der Waals surface area contributed by atoms with Crippen LogP contribution in [0.5, 0.6) is 5.75 Å². The Balaban J connectivity index is 2.05. The molecule has 3 aromatic carbocycles. The third-order valence-corrected chi connectivity index (χ3v) is 4.37. The van der Waals surface area contributed by atoms with E-state index < -0.39 is 10.1 Å². The molecular formula is C17H15NO4S. The van der Waals surface area contributed by atoms with E-state index in [0.29, 0.717) is 10.8 Å². The fourth-order valence-corrected chi connectivity index (χ4v) is 2.89. The second-order valence-corrected chi connectivity index (χ2v) is 6.77. The van der Waals surface area contributed by atoms with E-state index >= 15 is 0 Å². The SMILES string of the molecule is Cc1ccc(Nc2ccc3c(O)cc(S(=O)(=O)O)cc3c2)cc1. The molecular weight excluding hydrogens is 314 g/mol. The smallest absolute Gasteiger partial charge is 0.294 e. The number of anilines is 2. The predicted molar refractivity (Wildman–Crippen MR) is 89.9 cm³/mol. The molecule has 0 radical (unpaired) electrons. The number of hydrogen-bond acceptors (Lipinski definition) is 4. The van der Waals surface area contributed by atoms with Gasteiger partial charge in [-0.3, -0.25) is 4.55 Å². The lowest BCUT2D eigenvalue weighted by Gasteiger charge is -2.10. The topological polar surface area (TPSA) is 86.6 Å². The van der Waals surface area contributed by atoms with Crippen molar-refractivity contribution in [1.82, 2.24) is 0 Å². The Morgan fingerprint density at radius 2 is 1.57 bits per heavy atom. The molecule has 23 heavy (non-hydrogen) atoms. The van der Waals surface area contributed by atoms with E-state index in [2.05, 4.69) is 5.32 Å². The van der Waals surface area contributed by atoms with Crippen LogP contribution in [0.3, 0.4) is 0 Å². The fraction of sp³-hybridized carbons (Fsp3) is 0.0588. The summed E-state index contributed by atoms with van der Waals surface area (Å²) in [4.78, 5) is -0.338. The van der Waals surface area contributed by atoms with E-state index in [1.165, 1.54) is 6.07 Å². The molecule has 5 nitrogen and oxygen atoms in total. The molecule has 0 spiro atoms. The number of benzene rings is 3. The van der Waals surface area contributed by atoms with Crippen molar-refractivity contribution in [2.24, 2.45) is 0 Å². The molecule has 0 saturated heterocycles. The minimum Gasteiger partial charge on any atom is -0.507 e. The molecule has 3 aromatic rings.